The summed E-state index contributed by atoms with van der Waals surface area (Å²) < 4.78 is 10.6. The molecule has 114 valence electrons. The van der Waals surface area contributed by atoms with Crippen LogP contribution in [0, 0.1) is 6.92 Å². The van der Waals surface area contributed by atoms with Crippen molar-refractivity contribution in [3.05, 3.63) is 40.3 Å². The second-order valence-electron chi connectivity index (χ2n) is 4.63. The number of ether oxygens (including phenoxy) is 2. The third kappa shape index (κ3) is 5.34. The van der Waals surface area contributed by atoms with Gasteiger partial charge in [-0.1, -0.05) is 0 Å². The third-order valence-corrected chi connectivity index (χ3v) is 3.68. The van der Waals surface area contributed by atoms with E-state index in [1.54, 1.807) is 18.4 Å². The van der Waals surface area contributed by atoms with Gasteiger partial charge in [0.1, 0.15) is 24.2 Å². The molecule has 1 atom stereocenters. The van der Waals surface area contributed by atoms with Crippen molar-refractivity contribution in [3.63, 3.8) is 0 Å². The molecule has 0 bridgehead atoms. The second-order valence-corrected chi connectivity index (χ2v) is 5.69. The highest BCUT2D eigenvalue weighted by atomic mass is 32.1. The van der Waals surface area contributed by atoms with Gasteiger partial charge >= 0.3 is 0 Å². The molecule has 0 fully saturated rings. The van der Waals surface area contributed by atoms with E-state index in [2.05, 4.69) is 10.3 Å². The molecule has 0 saturated carbocycles. The highest BCUT2D eigenvalue weighted by molar-refractivity contribution is 7.09. The molecule has 0 spiro atoms. The molecule has 0 radical (unpaired) electrons. The van der Waals surface area contributed by atoms with Crippen molar-refractivity contribution in [3.8, 4) is 11.5 Å². The standard InChI is InChI=1S/C15H20N2O3S/c1-11-17-12(10-21-11)7-16-8-13(18)9-20-15-5-3-14(19-2)4-6-15/h3-6,10,13,16,18H,7-9H2,1-2H3. The first-order chi connectivity index (χ1) is 10.2. The Bertz CT molecular complexity index is 542. The molecular weight excluding hydrogens is 288 g/mol. The molecule has 0 aliphatic carbocycles. The van der Waals surface area contributed by atoms with E-state index in [0.717, 1.165) is 16.5 Å². The first kappa shape index (κ1) is 15.8. The second kappa shape index (κ2) is 7.97. The largest absolute Gasteiger partial charge is 0.497 e. The van der Waals surface area contributed by atoms with E-state index in [1.807, 2.05) is 36.6 Å². The number of thiazole rings is 1. The Kier molecular flexibility index (Phi) is 5.98. The minimum absolute atomic E-state index is 0.245. The van der Waals surface area contributed by atoms with Gasteiger partial charge in [0, 0.05) is 18.5 Å². The van der Waals surface area contributed by atoms with Crippen LogP contribution in [0.2, 0.25) is 0 Å². The average molecular weight is 308 g/mol. The summed E-state index contributed by atoms with van der Waals surface area (Å²) in [6.45, 7) is 3.35. The third-order valence-electron chi connectivity index (χ3n) is 2.85. The molecule has 2 N–H and O–H groups in total. The van der Waals surface area contributed by atoms with E-state index in [9.17, 15) is 5.11 Å². The monoisotopic (exact) mass is 308 g/mol. The summed E-state index contributed by atoms with van der Waals surface area (Å²) in [5.74, 6) is 1.49. The molecule has 0 amide bonds. The van der Waals surface area contributed by atoms with Gasteiger partial charge in [-0.25, -0.2) is 4.98 Å². The molecule has 1 aromatic carbocycles. The minimum Gasteiger partial charge on any atom is -0.497 e. The van der Waals surface area contributed by atoms with Crippen LogP contribution in [0.25, 0.3) is 0 Å². The summed E-state index contributed by atoms with van der Waals surface area (Å²) in [4.78, 5) is 4.35. The van der Waals surface area contributed by atoms with Crippen molar-refractivity contribution in [2.75, 3.05) is 20.3 Å². The maximum Gasteiger partial charge on any atom is 0.119 e. The van der Waals surface area contributed by atoms with Crippen molar-refractivity contribution in [1.82, 2.24) is 10.3 Å². The van der Waals surface area contributed by atoms with Gasteiger partial charge in [0.2, 0.25) is 0 Å². The number of benzene rings is 1. The number of hydrogen-bond acceptors (Lipinski definition) is 6. The molecule has 1 unspecified atom stereocenters. The van der Waals surface area contributed by atoms with Gasteiger partial charge < -0.3 is 19.9 Å². The van der Waals surface area contributed by atoms with Crippen molar-refractivity contribution in [1.29, 1.82) is 0 Å². The predicted molar refractivity (Wildman–Crippen MR) is 83.1 cm³/mol. The number of aryl methyl sites for hydroxylation is 1. The van der Waals surface area contributed by atoms with Crippen LogP contribution in [0.15, 0.2) is 29.6 Å². The number of hydrogen-bond donors (Lipinski definition) is 2. The van der Waals surface area contributed by atoms with E-state index in [4.69, 9.17) is 9.47 Å². The van der Waals surface area contributed by atoms with Gasteiger partial charge in [0.25, 0.3) is 0 Å². The summed E-state index contributed by atoms with van der Waals surface area (Å²) in [5.41, 5.74) is 1.00. The topological polar surface area (TPSA) is 63.6 Å². The molecule has 1 heterocycles. The number of aliphatic hydroxyl groups is 1. The lowest BCUT2D eigenvalue weighted by atomic mass is 10.3. The summed E-state index contributed by atoms with van der Waals surface area (Å²) in [7, 11) is 1.62. The highest BCUT2D eigenvalue weighted by Gasteiger charge is 2.06. The SMILES string of the molecule is COc1ccc(OCC(O)CNCc2csc(C)n2)cc1. The van der Waals surface area contributed by atoms with E-state index in [0.29, 0.717) is 18.8 Å². The first-order valence-electron chi connectivity index (χ1n) is 6.74. The first-order valence-corrected chi connectivity index (χ1v) is 7.62. The van der Waals surface area contributed by atoms with E-state index in [-0.39, 0.29) is 6.61 Å². The fraction of sp³-hybridized carbons (Fsp3) is 0.400. The van der Waals surface area contributed by atoms with E-state index in [1.165, 1.54) is 0 Å². The lowest BCUT2D eigenvalue weighted by Crippen LogP contribution is -2.31. The number of nitrogens with one attached hydrogen (secondary N) is 1. The number of aliphatic hydroxyl groups excluding tert-OH is 1. The number of methoxy groups -OCH3 is 1. The Labute approximate surface area is 128 Å². The normalized spacial score (nSPS) is 12.1. The van der Waals surface area contributed by atoms with Crippen LogP contribution in [0.1, 0.15) is 10.7 Å². The summed E-state index contributed by atoms with van der Waals surface area (Å²) in [6.07, 6.45) is -0.563. The van der Waals surface area contributed by atoms with Crippen molar-refractivity contribution >= 4 is 11.3 Å². The molecular formula is C15H20N2O3S. The Balaban J connectivity index is 1.65. The maximum atomic E-state index is 9.86. The fourth-order valence-electron chi connectivity index (χ4n) is 1.78. The highest BCUT2D eigenvalue weighted by Crippen LogP contribution is 2.17. The van der Waals surface area contributed by atoms with Gasteiger partial charge in [0.05, 0.1) is 17.8 Å². The van der Waals surface area contributed by atoms with E-state index >= 15 is 0 Å². The average Bonchev–Trinajstić information content (AvgIpc) is 2.91. The zero-order valence-corrected chi connectivity index (χ0v) is 13.0. The minimum atomic E-state index is -0.563. The number of nitrogens with zero attached hydrogens (tertiary/aromatic N) is 1. The van der Waals surface area contributed by atoms with E-state index < -0.39 is 6.10 Å². The van der Waals surface area contributed by atoms with Crippen LogP contribution in [0.5, 0.6) is 11.5 Å². The Morgan fingerprint density at radius 3 is 2.62 bits per heavy atom. The van der Waals surface area contributed by atoms with Crippen molar-refractivity contribution < 1.29 is 14.6 Å². The lowest BCUT2D eigenvalue weighted by molar-refractivity contribution is 0.106. The quantitative estimate of drug-likeness (QED) is 0.781. The molecule has 21 heavy (non-hydrogen) atoms. The van der Waals surface area contributed by atoms with Crippen molar-refractivity contribution in [2.24, 2.45) is 0 Å². The van der Waals surface area contributed by atoms with Crippen LogP contribution in [-0.4, -0.2) is 36.5 Å². The van der Waals surface area contributed by atoms with Gasteiger partial charge in [-0.05, 0) is 31.2 Å². The smallest absolute Gasteiger partial charge is 0.119 e. The van der Waals surface area contributed by atoms with Gasteiger partial charge in [-0.3, -0.25) is 0 Å². The Hall–Kier alpha value is -1.63. The zero-order valence-electron chi connectivity index (χ0n) is 12.2. The van der Waals surface area contributed by atoms with Gasteiger partial charge in [0.15, 0.2) is 0 Å². The molecule has 1 aromatic heterocycles. The van der Waals surface area contributed by atoms with Crippen LogP contribution < -0.4 is 14.8 Å². The van der Waals surface area contributed by atoms with Crippen LogP contribution in [-0.2, 0) is 6.54 Å². The fourth-order valence-corrected chi connectivity index (χ4v) is 2.39. The molecule has 5 nitrogen and oxygen atoms in total. The van der Waals surface area contributed by atoms with Gasteiger partial charge in [-0.2, -0.15) is 0 Å². The molecule has 0 saturated heterocycles. The molecule has 0 aliphatic heterocycles. The van der Waals surface area contributed by atoms with Crippen LogP contribution in [0.4, 0.5) is 0 Å². The summed E-state index contributed by atoms with van der Waals surface area (Å²) in [6, 6.07) is 7.28. The van der Waals surface area contributed by atoms with Gasteiger partial charge in [-0.15, -0.1) is 11.3 Å². The number of rotatable bonds is 8. The molecule has 0 aliphatic rings. The Morgan fingerprint density at radius 1 is 1.29 bits per heavy atom. The molecule has 2 aromatic rings. The lowest BCUT2D eigenvalue weighted by Gasteiger charge is -2.13. The predicted octanol–water partition coefficient (Wildman–Crippen LogP) is 1.99. The Morgan fingerprint density at radius 2 is 2.00 bits per heavy atom. The summed E-state index contributed by atoms with van der Waals surface area (Å²) in [5, 5.41) is 16.1. The van der Waals surface area contributed by atoms with Crippen LogP contribution >= 0.6 is 11.3 Å². The molecule has 6 heteroatoms. The number of aromatic nitrogens is 1. The van der Waals surface area contributed by atoms with Crippen molar-refractivity contribution in [2.45, 2.75) is 19.6 Å². The van der Waals surface area contributed by atoms with Crippen LogP contribution in [0.3, 0.4) is 0 Å². The zero-order chi connectivity index (χ0) is 15.1. The maximum absolute atomic E-state index is 9.86. The molecule has 2 rings (SSSR count). The summed E-state index contributed by atoms with van der Waals surface area (Å²) >= 11 is 1.63.